The van der Waals surface area contributed by atoms with Gasteiger partial charge in [0, 0.05) is 13.6 Å². The van der Waals surface area contributed by atoms with Crippen LogP contribution in [-0.2, 0) is 17.4 Å². The summed E-state index contributed by atoms with van der Waals surface area (Å²) in [7, 11) is 1.74. The average molecular weight is 320 g/mol. The molecule has 0 bridgehead atoms. The fourth-order valence-corrected chi connectivity index (χ4v) is 2.90. The van der Waals surface area contributed by atoms with Crippen LogP contribution in [-0.4, -0.2) is 40.1 Å². The lowest BCUT2D eigenvalue weighted by atomic mass is 9.94. The Hall–Kier alpha value is -1.85. The van der Waals surface area contributed by atoms with E-state index >= 15 is 0 Å². The highest BCUT2D eigenvalue weighted by molar-refractivity contribution is 6.28. The number of halogens is 1. The van der Waals surface area contributed by atoms with Gasteiger partial charge < -0.3 is 14.2 Å². The number of imidazole rings is 1. The van der Waals surface area contributed by atoms with E-state index in [0.29, 0.717) is 30.7 Å². The Morgan fingerprint density at radius 2 is 2.09 bits per heavy atom. The number of aromatic nitrogens is 2. The topological polar surface area (TPSA) is 47.4 Å². The van der Waals surface area contributed by atoms with E-state index in [4.69, 9.17) is 16.3 Å². The van der Waals surface area contributed by atoms with Crippen LogP contribution in [0.3, 0.4) is 0 Å². The minimum atomic E-state index is -0.502. The molecule has 1 aromatic heterocycles. The molecular weight excluding hydrogens is 302 g/mol. The molecule has 0 saturated carbocycles. The van der Waals surface area contributed by atoms with Crippen molar-refractivity contribution in [3.8, 4) is 0 Å². The van der Waals surface area contributed by atoms with E-state index in [-0.39, 0.29) is 5.91 Å². The Balaban J connectivity index is 1.84. The van der Waals surface area contributed by atoms with Gasteiger partial charge in [0.2, 0.25) is 5.28 Å². The lowest BCUT2D eigenvalue weighted by Gasteiger charge is -2.40. The maximum atomic E-state index is 12.7. The first kappa shape index (κ1) is 15.1. The first-order chi connectivity index (χ1) is 10.5. The average Bonchev–Trinajstić information content (AvgIpc) is 2.87. The normalized spacial score (nSPS) is 21.9. The smallest absolute Gasteiger partial charge is 0.272 e. The first-order valence-electron chi connectivity index (χ1n) is 7.17. The molecule has 6 heteroatoms. The molecule has 116 valence electrons. The molecular formula is C16H18ClN3O2. The summed E-state index contributed by atoms with van der Waals surface area (Å²) in [5.74, 6) is -0.0765. The van der Waals surface area contributed by atoms with Crippen LogP contribution >= 0.6 is 11.6 Å². The molecule has 0 radical (unpaired) electrons. The fourth-order valence-electron chi connectivity index (χ4n) is 2.76. The van der Waals surface area contributed by atoms with E-state index in [9.17, 15) is 4.79 Å². The van der Waals surface area contributed by atoms with Gasteiger partial charge in [-0.05, 0) is 24.1 Å². The molecule has 0 aliphatic carbocycles. The number of morpholine rings is 1. The van der Waals surface area contributed by atoms with Gasteiger partial charge in [-0.2, -0.15) is 0 Å². The first-order valence-corrected chi connectivity index (χ1v) is 7.55. The van der Waals surface area contributed by atoms with Crippen molar-refractivity contribution in [3.05, 3.63) is 53.1 Å². The summed E-state index contributed by atoms with van der Waals surface area (Å²) in [5.41, 5.74) is 1.05. The van der Waals surface area contributed by atoms with Gasteiger partial charge in [0.05, 0.1) is 19.3 Å². The maximum Gasteiger partial charge on any atom is 0.272 e. The van der Waals surface area contributed by atoms with Crippen molar-refractivity contribution in [1.82, 2.24) is 14.5 Å². The highest BCUT2D eigenvalue weighted by atomic mass is 35.5. The fraction of sp³-hybridized carbons (Fsp3) is 0.375. The molecule has 1 aliphatic rings. The molecule has 5 nitrogen and oxygen atoms in total. The molecule has 1 saturated heterocycles. The molecule has 0 N–H and O–H groups in total. The number of benzene rings is 1. The van der Waals surface area contributed by atoms with Crippen LogP contribution in [0.15, 0.2) is 36.5 Å². The molecule has 3 rings (SSSR count). The summed E-state index contributed by atoms with van der Waals surface area (Å²) >= 11 is 5.92. The van der Waals surface area contributed by atoms with E-state index in [1.807, 2.05) is 37.3 Å². The molecule has 0 spiro atoms. The van der Waals surface area contributed by atoms with Crippen molar-refractivity contribution in [1.29, 1.82) is 0 Å². The van der Waals surface area contributed by atoms with E-state index in [2.05, 4.69) is 4.98 Å². The highest BCUT2D eigenvalue weighted by Gasteiger charge is 2.36. The van der Waals surface area contributed by atoms with Gasteiger partial charge in [-0.1, -0.05) is 30.3 Å². The van der Waals surface area contributed by atoms with Gasteiger partial charge in [-0.15, -0.1) is 0 Å². The van der Waals surface area contributed by atoms with E-state index in [0.717, 1.165) is 5.56 Å². The number of amides is 1. The van der Waals surface area contributed by atoms with Crippen LogP contribution < -0.4 is 0 Å². The van der Waals surface area contributed by atoms with E-state index in [1.54, 1.807) is 16.5 Å². The zero-order valence-corrected chi connectivity index (χ0v) is 13.4. The third-order valence-corrected chi connectivity index (χ3v) is 4.45. The van der Waals surface area contributed by atoms with Crippen molar-refractivity contribution >= 4 is 17.5 Å². The minimum Gasteiger partial charge on any atom is -0.367 e. The van der Waals surface area contributed by atoms with E-state index < -0.39 is 5.60 Å². The molecule has 1 fully saturated rings. The summed E-state index contributed by atoms with van der Waals surface area (Å²) in [5, 5.41) is 0.308. The zero-order chi connectivity index (χ0) is 15.7. The van der Waals surface area contributed by atoms with E-state index in [1.165, 1.54) is 6.20 Å². The van der Waals surface area contributed by atoms with Gasteiger partial charge >= 0.3 is 0 Å². The largest absolute Gasteiger partial charge is 0.367 e. The van der Waals surface area contributed by atoms with Gasteiger partial charge in [0.25, 0.3) is 5.91 Å². The van der Waals surface area contributed by atoms with Crippen molar-refractivity contribution in [2.45, 2.75) is 12.5 Å². The Morgan fingerprint density at radius 3 is 2.73 bits per heavy atom. The van der Waals surface area contributed by atoms with Crippen LogP contribution in [0.1, 0.15) is 23.0 Å². The lowest BCUT2D eigenvalue weighted by molar-refractivity contribution is -0.0932. The van der Waals surface area contributed by atoms with Gasteiger partial charge in [-0.3, -0.25) is 4.79 Å². The summed E-state index contributed by atoms with van der Waals surface area (Å²) in [6.45, 7) is 3.57. The van der Waals surface area contributed by atoms with Crippen molar-refractivity contribution < 1.29 is 9.53 Å². The van der Waals surface area contributed by atoms with Gasteiger partial charge in [0.15, 0.2) is 0 Å². The molecule has 2 heterocycles. The molecule has 2 aromatic rings. The lowest BCUT2D eigenvalue weighted by Crippen LogP contribution is -2.50. The molecule has 1 atom stereocenters. The monoisotopic (exact) mass is 319 g/mol. The zero-order valence-electron chi connectivity index (χ0n) is 12.6. The number of ether oxygens (including phenoxy) is 1. The van der Waals surface area contributed by atoms with Gasteiger partial charge in [0.1, 0.15) is 11.3 Å². The number of hydrogen-bond acceptors (Lipinski definition) is 3. The number of carbonyl (C=O) groups is 1. The predicted molar refractivity (Wildman–Crippen MR) is 83.9 cm³/mol. The summed E-state index contributed by atoms with van der Waals surface area (Å²) in [4.78, 5) is 18.5. The molecule has 1 aromatic carbocycles. The SMILES string of the molecule is Cn1c(C(=O)N2CCOC(C)(c3ccccc3)C2)cnc1Cl. The van der Waals surface area contributed by atoms with Crippen molar-refractivity contribution in [2.24, 2.45) is 7.05 Å². The van der Waals surface area contributed by atoms with Crippen LogP contribution in [0, 0.1) is 0 Å². The van der Waals surface area contributed by atoms with Crippen molar-refractivity contribution in [2.75, 3.05) is 19.7 Å². The molecule has 1 unspecified atom stereocenters. The predicted octanol–water partition coefficient (Wildman–Crippen LogP) is 2.46. The quantitative estimate of drug-likeness (QED) is 0.854. The highest BCUT2D eigenvalue weighted by Crippen LogP contribution is 2.30. The van der Waals surface area contributed by atoms with Crippen LogP contribution in [0.2, 0.25) is 5.28 Å². The Morgan fingerprint density at radius 1 is 1.36 bits per heavy atom. The summed E-state index contributed by atoms with van der Waals surface area (Å²) in [6.07, 6.45) is 1.51. The second-order valence-electron chi connectivity index (χ2n) is 5.64. The summed E-state index contributed by atoms with van der Waals surface area (Å²) in [6, 6.07) is 9.97. The summed E-state index contributed by atoms with van der Waals surface area (Å²) < 4.78 is 7.56. The molecule has 22 heavy (non-hydrogen) atoms. The van der Waals surface area contributed by atoms with Crippen LogP contribution in [0.5, 0.6) is 0 Å². The van der Waals surface area contributed by atoms with Crippen molar-refractivity contribution in [3.63, 3.8) is 0 Å². The Bertz CT molecular complexity index is 686. The maximum absolute atomic E-state index is 12.7. The number of carbonyl (C=O) groups excluding carboxylic acids is 1. The minimum absolute atomic E-state index is 0.0765. The number of nitrogens with zero attached hydrogens (tertiary/aromatic N) is 3. The van der Waals surface area contributed by atoms with Crippen LogP contribution in [0.4, 0.5) is 0 Å². The third-order valence-electron chi connectivity index (χ3n) is 4.10. The number of rotatable bonds is 2. The van der Waals surface area contributed by atoms with Crippen LogP contribution in [0.25, 0.3) is 0 Å². The second-order valence-corrected chi connectivity index (χ2v) is 5.98. The molecule has 1 aliphatic heterocycles. The Labute approximate surface area is 134 Å². The third kappa shape index (κ3) is 2.62. The Kier molecular flexibility index (Phi) is 3.93. The molecule has 1 amide bonds. The second kappa shape index (κ2) is 5.74. The van der Waals surface area contributed by atoms with Gasteiger partial charge in [-0.25, -0.2) is 4.98 Å². The number of hydrogen-bond donors (Lipinski definition) is 0. The standard InChI is InChI=1S/C16H18ClN3O2/c1-16(12-6-4-3-5-7-12)11-20(8-9-22-16)14(21)13-10-18-15(17)19(13)2/h3-7,10H,8-9,11H2,1-2H3.